The van der Waals surface area contributed by atoms with Crippen molar-refractivity contribution in [2.45, 2.75) is 57.7 Å². The van der Waals surface area contributed by atoms with Crippen LogP contribution in [0.1, 0.15) is 46.1 Å². The van der Waals surface area contributed by atoms with Crippen LogP contribution in [-0.4, -0.2) is 58.2 Å². The molecule has 26 heavy (non-hydrogen) atoms. The summed E-state index contributed by atoms with van der Waals surface area (Å²) in [4.78, 5) is 26.8. The summed E-state index contributed by atoms with van der Waals surface area (Å²) in [6, 6.07) is 3.82. The molecule has 2 amide bonds. The number of ether oxygens (including phenoxy) is 1. The van der Waals surface area contributed by atoms with E-state index in [1.165, 1.54) is 0 Å². The van der Waals surface area contributed by atoms with Crippen LogP contribution >= 0.6 is 11.8 Å². The lowest BCUT2D eigenvalue weighted by Crippen LogP contribution is -2.49. The zero-order valence-electron chi connectivity index (χ0n) is 16.2. The molecule has 146 valence electrons. The molecule has 6 nitrogen and oxygen atoms in total. The van der Waals surface area contributed by atoms with Gasteiger partial charge in [0.2, 0.25) is 5.91 Å². The van der Waals surface area contributed by atoms with Gasteiger partial charge in [0, 0.05) is 31.5 Å². The van der Waals surface area contributed by atoms with Gasteiger partial charge in [0.25, 0.3) is 0 Å². The first kappa shape index (κ1) is 20.7. The maximum absolute atomic E-state index is 13.0. The van der Waals surface area contributed by atoms with Gasteiger partial charge >= 0.3 is 6.09 Å². The molecule has 0 spiro atoms. The number of nitrogens with zero attached hydrogens (tertiary/aromatic N) is 2. The Hall–Kier alpha value is -1.63. The topological polar surface area (TPSA) is 63.6 Å². The van der Waals surface area contributed by atoms with Crippen LogP contribution in [0.25, 0.3) is 0 Å². The van der Waals surface area contributed by atoms with Crippen LogP contribution in [0.4, 0.5) is 4.79 Å². The second-order valence-electron chi connectivity index (χ2n) is 7.67. The molecule has 1 atom stereocenters. The van der Waals surface area contributed by atoms with Crippen molar-refractivity contribution in [2.24, 2.45) is 0 Å². The number of amides is 2. The van der Waals surface area contributed by atoms with Crippen LogP contribution in [0, 0.1) is 0 Å². The van der Waals surface area contributed by atoms with Crippen molar-refractivity contribution < 1.29 is 14.3 Å². The van der Waals surface area contributed by atoms with Crippen molar-refractivity contribution in [3.05, 3.63) is 24.5 Å². The highest BCUT2D eigenvalue weighted by Gasteiger charge is 2.30. The number of aromatic nitrogens is 1. The quantitative estimate of drug-likeness (QED) is 0.821. The Labute approximate surface area is 160 Å². The molecule has 0 aromatic carbocycles. The van der Waals surface area contributed by atoms with E-state index < -0.39 is 5.60 Å². The molecule has 2 heterocycles. The molecule has 1 fully saturated rings. The van der Waals surface area contributed by atoms with Gasteiger partial charge in [-0.15, -0.1) is 0 Å². The first-order valence-corrected chi connectivity index (χ1v) is 10.6. The minimum Gasteiger partial charge on any atom is -0.444 e. The fraction of sp³-hybridized carbons (Fsp3) is 0.684. The molecule has 0 saturated carbocycles. The van der Waals surface area contributed by atoms with E-state index in [1.807, 2.05) is 54.8 Å². The monoisotopic (exact) mass is 381 g/mol. The maximum Gasteiger partial charge on any atom is 0.407 e. The summed E-state index contributed by atoms with van der Waals surface area (Å²) in [6.45, 7) is 6.88. The summed E-state index contributed by atoms with van der Waals surface area (Å²) in [5.74, 6) is 1.12. The third-order valence-electron chi connectivity index (χ3n) is 4.40. The molecule has 0 radical (unpaired) electrons. The number of piperidine rings is 1. The highest BCUT2D eigenvalue weighted by atomic mass is 32.2. The van der Waals surface area contributed by atoms with Gasteiger partial charge in [0.05, 0.1) is 0 Å². The Bertz CT molecular complexity index is 575. The summed E-state index contributed by atoms with van der Waals surface area (Å²) >= 11 is 1.76. The Morgan fingerprint density at radius 2 is 1.85 bits per heavy atom. The minimum absolute atomic E-state index is 0.0603. The number of nitrogens with one attached hydrogen (secondary N) is 1. The minimum atomic E-state index is -0.498. The van der Waals surface area contributed by atoms with Gasteiger partial charge in [-0.25, -0.2) is 4.79 Å². The van der Waals surface area contributed by atoms with Crippen molar-refractivity contribution in [1.29, 1.82) is 0 Å². The summed E-state index contributed by atoms with van der Waals surface area (Å²) in [5.41, 5.74) is -0.498. The molecule has 1 aliphatic rings. The van der Waals surface area contributed by atoms with Gasteiger partial charge in [0.1, 0.15) is 11.6 Å². The molecule has 0 bridgehead atoms. The molecule has 1 unspecified atom stereocenters. The largest absolute Gasteiger partial charge is 0.444 e. The first-order chi connectivity index (χ1) is 12.3. The molecule has 1 aromatic heterocycles. The molecule has 7 heteroatoms. The van der Waals surface area contributed by atoms with Gasteiger partial charge in [-0.05, 0) is 64.2 Å². The van der Waals surface area contributed by atoms with Crippen LogP contribution in [0.5, 0.6) is 0 Å². The Morgan fingerprint density at radius 3 is 2.38 bits per heavy atom. The molecule has 0 aliphatic carbocycles. The molecule has 1 aliphatic heterocycles. The molecule has 1 N–H and O–H groups in total. The Balaban J connectivity index is 1.87. The highest BCUT2D eigenvalue weighted by molar-refractivity contribution is 7.98. The van der Waals surface area contributed by atoms with E-state index in [2.05, 4.69) is 11.6 Å². The standard InChI is InChI=1S/C19H31N3O3S/c1-19(2,3)25-18(24)20-15-7-12-22(13-8-15)17(23)16(9-14-26-4)21-10-5-6-11-21/h5-6,10-11,15-16H,7-9,12-14H2,1-4H3,(H,20,24). The Kier molecular flexibility index (Phi) is 7.43. The maximum atomic E-state index is 13.0. The van der Waals surface area contributed by atoms with Crippen LogP contribution < -0.4 is 5.32 Å². The fourth-order valence-electron chi connectivity index (χ4n) is 3.11. The van der Waals surface area contributed by atoms with Crippen molar-refractivity contribution in [1.82, 2.24) is 14.8 Å². The normalized spacial score (nSPS) is 17.0. The van der Waals surface area contributed by atoms with Crippen molar-refractivity contribution in [3.8, 4) is 0 Å². The summed E-state index contributed by atoms with van der Waals surface area (Å²) in [7, 11) is 0. The highest BCUT2D eigenvalue weighted by Crippen LogP contribution is 2.21. The van der Waals surface area contributed by atoms with E-state index in [1.54, 1.807) is 11.8 Å². The van der Waals surface area contributed by atoms with E-state index in [0.29, 0.717) is 13.1 Å². The number of hydrogen-bond donors (Lipinski definition) is 1. The van der Waals surface area contributed by atoms with E-state index >= 15 is 0 Å². The number of hydrogen-bond acceptors (Lipinski definition) is 4. The summed E-state index contributed by atoms with van der Waals surface area (Å²) in [5, 5.41) is 2.92. The van der Waals surface area contributed by atoms with Crippen molar-refractivity contribution >= 4 is 23.8 Å². The third kappa shape index (κ3) is 6.27. The molecule has 1 saturated heterocycles. The molecular weight excluding hydrogens is 350 g/mol. The predicted molar refractivity (Wildman–Crippen MR) is 105 cm³/mol. The lowest BCUT2D eigenvalue weighted by Gasteiger charge is -2.35. The summed E-state index contributed by atoms with van der Waals surface area (Å²) in [6.07, 6.45) is 7.93. The van der Waals surface area contributed by atoms with Gasteiger partial charge < -0.3 is 19.5 Å². The van der Waals surface area contributed by atoms with Gasteiger partial charge in [-0.1, -0.05) is 0 Å². The zero-order valence-corrected chi connectivity index (χ0v) is 17.1. The van der Waals surface area contributed by atoms with Crippen LogP contribution in [0.3, 0.4) is 0 Å². The average Bonchev–Trinajstić information content (AvgIpc) is 3.08. The third-order valence-corrected chi connectivity index (χ3v) is 5.04. The lowest BCUT2D eigenvalue weighted by molar-refractivity contribution is -0.136. The number of carbonyl (C=O) groups is 2. The molecule has 1 aromatic rings. The fourth-order valence-corrected chi connectivity index (χ4v) is 3.57. The Morgan fingerprint density at radius 1 is 1.23 bits per heavy atom. The predicted octanol–water partition coefficient (Wildman–Crippen LogP) is 3.30. The second-order valence-corrected chi connectivity index (χ2v) is 8.66. The zero-order chi connectivity index (χ0) is 19.2. The van der Waals surface area contributed by atoms with Crippen molar-refractivity contribution in [3.63, 3.8) is 0 Å². The summed E-state index contributed by atoms with van der Waals surface area (Å²) < 4.78 is 7.31. The lowest BCUT2D eigenvalue weighted by atomic mass is 10.0. The number of thioether (sulfide) groups is 1. The van der Waals surface area contributed by atoms with E-state index in [-0.39, 0.29) is 24.1 Å². The van der Waals surface area contributed by atoms with E-state index in [9.17, 15) is 9.59 Å². The number of alkyl carbamates (subject to hydrolysis) is 1. The first-order valence-electron chi connectivity index (χ1n) is 9.20. The smallest absolute Gasteiger partial charge is 0.407 e. The van der Waals surface area contributed by atoms with Gasteiger partial charge in [-0.2, -0.15) is 11.8 Å². The van der Waals surface area contributed by atoms with E-state index in [0.717, 1.165) is 25.0 Å². The van der Waals surface area contributed by atoms with Gasteiger partial charge in [0.15, 0.2) is 0 Å². The number of likely N-dealkylation sites (tertiary alicyclic amines) is 1. The number of carbonyl (C=O) groups excluding carboxylic acids is 2. The molecule has 2 rings (SSSR count). The SMILES string of the molecule is CSCCC(C(=O)N1CCC(NC(=O)OC(C)(C)C)CC1)n1cccc1. The van der Waals surface area contributed by atoms with E-state index in [4.69, 9.17) is 4.74 Å². The van der Waals surface area contributed by atoms with Crippen LogP contribution in [0.15, 0.2) is 24.5 Å². The van der Waals surface area contributed by atoms with Gasteiger partial charge in [-0.3, -0.25) is 4.79 Å². The molecular formula is C19H31N3O3S. The van der Waals surface area contributed by atoms with Crippen molar-refractivity contribution in [2.75, 3.05) is 25.1 Å². The number of rotatable bonds is 6. The van der Waals surface area contributed by atoms with Crippen LogP contribution in [0.2, 0.25) is 0 Å². The average molecular weight is 382 g/mol. The second kappa shape index (κ2) is 9.35. The van der Waals surface area contributed by atoms with Crippen LogP contribution in [-0.2, 0) is 9.53 Å².